The number of ether oxygens (including phenoxy) is 2. The van der Waals surface area contributed by atoms with Crippen LogP contribution in [0.4, 0.5) is 4.79 Å². The van der Waals surface area contributed by atoms with E-state index in [2.05, 4.69) is 29.6 Å². The quantitative estimate of drug-likeness (QED) is 0.450. The third kappa shape index (κ3) is 5.44. The number of nitrogens with one attached hydrogen (secondary N) is 1. The van der Waals surface area contributed by atoms with E-state index in [9.17, 15) is 9.59 Å². The minimum atomic E-state index is -0.640. The van der Waals surface area contributed by atoms with Crippen molar-refractivity contribution in [3.8, 4) is 11.1 Å². The highest BCUT2D eigenvalue weighted by Gasteiger charge is 2.57. The van der Waals surface area contributed by atoms with Crippen molar-refractivity contribution >= 4 is 23.0 Å². The predicted molar refractivity (Wildman–Crippen MR) is 142 cm³/mol. The smallest absolute Gasteiger partial charge is 0.407 e. The minimum Gasteiger partial charge on any atom is -0.449 e. The van der Waals surface area contributed by atoms with E-state index in [-0.39, 0.29) is 46.6 Å². The molecule has 5 nitrogen and oxygen atoms in total. The van der Waals surface area contributed by atoms with Gasteiger partial charge >= 0.3 is 6.09 Å². The highest BCUT2D eigenvalue weighted by Crippen LogP contribution is 2.46. The van der Waals surface area contributed by atoms with Crippen molar-refractivity contribution in [2.75, 3.05) is 6.61 Å². The second-order valence-electron chi connectivity index (χ2n) is 11.5. The summed E-state index contributed by atoms with van der Waals surface area (Å²) in [6, 6.07) is 16.3. The molecular weight excluding hydrogens is 458 g/mol. The number of carbonyl (C=O) groups excluding carboxylic acids is 2. The van der Waals surface area contributed by atoms with E-state index >= 15 is 0 Å². The van der Waals surface area contributed by atoms with Crippen molar-refractivity contribution in [2.24, 2.45) is 11.3 Å². The maximum absolute atomic E-state index is 12.9. The first-order valence-electron chi connectivity index (χ1n) is 12.4. The fraction of sp³-hybridized carbons (Fsp3) is 0.517. The molecule has 1 aliphatic carbocycles. The minimum absolute atomic E-state index is 0.0153. The number of fused-ring (bicyclic) bond motifs is 3. The first-order chi connectivity index (χ1) is 16.4. The van der Waals surface area contributed by atoms with Gasteiger partial charge in [-0.3, -0.25) is 4.79 Å². The summed E-state index contributed by atoms with van der Waals surface area (Å²) in [5.74, 6) is 0.146. The number of epoxide rings is 1. The molecule has 2 aromatic carbocycles. The van der Waals surface area contributed by atoms with Crippen molar-refractivity contribution < 1.29 is 19.1 Å². The first-order valence-corrected chi connectivity index (χ1v) is 13.2. The summed E-state index contributed by atoms with van der Waals surface area (Å²) < 4.78 is 11.6. The van der Waals surface area contributed by atoms with Gasteiger partial charge in [0, 0.05) is 10.7 Å². The second-order valence-corrected chi connectivity index (χ2v) is 13.3. The zero-order valence-corrected chi connectivity index (χ0v) is 22.6. The molecule has 1 saturated heterocycles. The van der Waals surface area contributed by atoms with Crippen LogP contribution in [0.1, 0.15) is 65.5 Å². The lowest BCUT2D eigenvalue weighted by Crippen LogP contribution is -2.45. The Morgan fingerprint density at radius 1 is 0.971 bits per heavy atom. The van der Waals surface area contributed by atoms with Crippen LogP contribution in [0, 0.1) is 11.3 Å². The monoisotopic (exact) mass is 495 g/mol. The van der Waals surface area contributed by atoms with Crippen LogP contribution in [-0.4, -0.2) is 40.8 Å². The molecule has 0 spiro atoms. The van der Waals surface area contributed by atoms with Crippen LogP contribution < -0.4 is 5.32 Å². The summed E-state index contributed by atoms with van der Waals surface area (Å²) in [6.07, 6.45) is -0.894. The molecule has 1 amide bonds. The lowest BCUT2D eigenvalue weighted by atomic mass is 9.85. The van der Waals surface area contributed by atoms with Gasteiger partial charge in [-0.05, 0) is 42.0 Å². The molecule has 1 aliphatic heterocycles. The fourth-order valence-electron chi connectivity index (χ4n) is 4.91. The van der Waals surface area contributed by atoms with Crippen LogP contribution in [-0.2, 0) is 14.3 Å². The van der Waals surface area contributed by atoms with Crippen molar-refractivity contribution in [2.45, 2.75) is 77.4 Å². The molecule has 1 fully saturated rings. The van der Waals surface area contributed by atoms with Crippen molar-refractivity contribution in [3.63, 3.8) is 0 Å². The summed E-state index contributed by atoms with van der Waals surface area (Å²) in [6.45, 7) is 14.3. The molecule has 0 saturated carbocycles. The van der Waals surface area contributed by atoms with Crippen LogP contribution in [0.3, 0.4) is 0 Å². The topological polar surface area (TPSA) is 67.9 Å². The zero-order valence-electron chi connectivity index (χ0n) is 21.8. The normalized spacial score (nSPS) is 20.2. The lowest BCUT2D eigenvalue weighted by molar-refractivity contribution is -0.119. The third-order valence-electron chi connectivity index (χ3n) is 6.86. The summed E-state index contributed by atoms with van der Waals surface area (Å²) in [4.78, 5) is 25.8. The van der Waals surface area contributed by atoms with Crippen molar-refractivity contribution in [1.82, 2.24) is 5.32 Å². The Labute approximate surface area is 213 Å². The van der Waals surface area contributed by atoms with E-state index in [4.69, 9.17) is 9.47 Å². The second kappa shape index (κ2) is 9.62. The molecule has 2 aliphatic rings. The number of amides is 1. The molecule has 1 heterocycles. The van der Waals surface area contributed by atoms with E-state index in [1.807, 2.05) is 72.7 Å². The summed E-state index contributed by atoms with van der Waals surface area (Å²) in [5, 5.41) is 3.15. The van der Waals surface area contributed by atoms with Gasteiger partial charge < -0.3 is 14.8 Å². The molecule has 0 aromatic heterocycles. The van der Waals surface area contributed by atoms with Gasteiger partial charge in [-0.1, -0.05) is 94.9 Å². The number of hydrogen-bond acceptors (Lipinski definition) is 5. The standard InChI is InChI=1S/C29H37NO4S/c1-17(2)23(24-25(34-24)29(6,7)26(31)35-28(3,4)5)30-27(32)33-16-22-20-14-10-8-12-18(20)19-13-9-11-15-21(19)22/h8-15,17,22-25H,16H2,1-7H3,(H,30,32)/t23-,24+,25-/m0/s1. The highest BCUT2D eigenvalue weighted by atomic mass is 32.2. The number of rotatable bonds is 7. The summed E-state index contributed by atoms with van der Waals surface area (Å²) in [5.41, 5.74) is 4.13. The maximum atomic E-state index is 12.9. The van der Waals surface area contributed by atoms with Gasteiger partial charge in [0.1, 0.15) is 12.7 Å². The van der Waals surface area contributed by atoms with Crippen molar-refractivity contribution in [3.05, 3.63) is 59.7 Å². The molecule has 0 unspecified atom stereocenters. The van der Waals surface area contributed by atoms with Crippen molar-refractivity contribution in [1.29, 1.82) is 0 Å². The van der Waals surface area contributed by atoms with E-state index in [1.54, 1.807) is 0 Å². The van der Waals surface area contributed by atoms with Crippen LogP contribution in [0.2, 0.25) is 0 Å². The average Bonchev–Trinajstić information content (AvgIpc) is 3.52. The molecule has 6 heteroatoms. The Kier molecular flexibility index (Phi) is 7.09. The largest absolute Gasteiger partial charge is 0.449 e. The van der Waals surface area contributed by atoms with Gasteiger partial charge in [0.15, 0.2) is 5.12 Å². The van der Waals surface area contributed by atoms with Gasteiger partial charge in [-0.25, -0.2) is 4.79 Å². The molecule has 0 radical (unpaired) electrons. The molecule has 3 atom stereocenters. The zero-order chi connectivity index (χ0) is 25.5. The summed E-state index contributed by atoms with van der Waals surface area (Å²) >= 11 is 1.35. The number of alkyl carbamates (subject to hydrolysis) is 1. The molecule has 4 rings (SSSR count). The Morgan fingerprint density at radius 3 is 2.03 bits per heavy atom. The van der Waals surface area contributed by atoms with Gasteiger partial charge in [0.05, 0.1) is 17.6 Å². The molecule has 1 N–H and O–H groups in total. The fourth-order valence-corrected chi connectivity index (χ4v) is 5.84. The highest BCUT2D eigenvalue weighted by molar-refractivity contribution is 8.14. The van der Waals surface area contributed by atoms with Crippen LogP contribution in [0.15, 0.2) is 48.5 Å². The van der Waals surface area contributed by atoms with Gasteiger partial charge in [-0.15, -0.1) is 0 Å². The van der Waals surface area contributed by atoms with Gasteiger partial charge in [-0.2, -0.15) is 0 Å². The number of hydrogen-bond donors (Lipinski definition) is 1. The molecule has 35 heavy (non-hydrogen) atoms. The first kappa shape index (κ1) is 25.8. The van der Waals surface area contributed by atoms with Crippen LogP contribution in [0.5, 0.6) is 0 Å². The Balaban J connectivity index is 1.39. The predicted octanol–water partition coefficient (Wildman–Crippen LogP) is 6.40. The van der Waals surface area contributed by atoms with E-state index < -0.39 is 11.5 Å². The number of thioether (sulfide) groups is 1. The van der Waals surface area contributed by atoms with Gasteiger partial charge in [0.2, 0.25) is 0 Å². The molecule has 0 bridgehead atoms. The molecule has 188 valence electrons. The number of carbonyl (C=O) groups is 2. The number of benzene rings is 2. The molecule has 2 aromatic rings. The van der Waals surface area contributed by atoms with Crippen LogP contribution in [0.25, 0.3) is 11.1 Å². The maximum Gasteiger partial charge on any atom is 0.407 e. The Bertz CT molecular complexity index is 1060. The van der Waals surface area contributed by atoms with Gasteiger partial charge in [0.25, 0.3) is 0 Å². The van der Waals surface area contributed by atoms with Crippen LogP contribution >= 0.6 is 11.8 Å². The Hall–Kier alpha value is -2.31. The van der Waals surface area contributed by atoms with E-state index in [1.165, 1.54) is 34.0 Å². The molecular formula is C29H37NO4S. The van der Waals surface area contributed by atoms with E-state index in [0.717, 1.165) is 0 Å². The Morgan fingerprint density at radius 2 is 1.51 bits per heavy atom. The average molecular weight is 496 g/mol. The third-order valence-corrected chi connectivity index (χ3v) is 8.19. The SMILES string of the molecule is CC(C)[C@H](NC(=O)OCC1c2ccccc2-c2ccccc21)[C@H]1O[C@@H]1C(C)(C)C(=O)SC(C)(C)C. The lowest BCUT2D eigenvalue weighted by Gasteiger charge is -2.27. The van der Waals surface area contributed by atoms with E-state index in [0.29, 0.717) is 0 Å². The summed E-state index contributed by atoms with van der Waals surface area (Å²) in [7, 11) is 0.